The van der Waals surface area contributed by atoms with Crippen LogP contribution in [0.1, 0.15) is 18.1 Å². The number of nitrogens with zero attached hydrogens (tertiary/aromatic N) is 4. The van der Waals surface area contributed by atoms with Gasteiger partial charge in [0.25, 0.3) is 5.91 Å². The maximum Gasteiger partial charge on any atom is 0.416 e. The SMILES string of the molecule is C/C(=N/NC(=O)CSc1nnc(-c2ccccc2)n1-c1ccccc1)c1cccc(C(F)(F)F)c1. The summed E-state index contributed by atoms with van der Waals surface area (Å²) in [6.45, 7) is 1.53. The van der Waals surface area contributed by atoms with E-state index in [4.69, 9.17) is 0 Å². The van der Waals surface area contributed by atoms with Gasteiger partial charge in [-0.25, -0.2) is 5.43 Å². The van der Waals surface area contributed by atoms with Crippen LogP contribution < -0.4 is 5.43 Å². The van der Waals surface area contributed by atoms with Gasteiger partial charge in [-0.05, 0) is 36.8 Å². The summed E-state index contributed by atoms with van der Waals surface area (Å²) in [6.07, 6.45) is -4.45. The molecule has 0 aliphatic rings. The van der Waals surface area contributed by atoms with Crippen LogP contribution in [0.15, 0.2) is 95.2 Å². The molecule has 1 heterocycles. The first-order valence-electron chi connectivity index (χ1n) is 10.5. The molecule has 0 fully saturated rings. The van der Waals surface area contributed by atoms with E-state index < -0.39 is 17.6 Å². The fourth-order valence-corrected chi connectivity index (χ4v) is 3.99. The van der Waals surface area contributed by atoms with E-state index in [1.165, 1.54) is 30.8 Å². The molecule has 1 N–H and O–H groups in total. The summed E-state index contributed by atoms with van der Waals surface area (Å²) in [7, 11) is 0. The van der Waals surface area contributed by atoms with Gasteiger partial charge in [0.1, 0.15) is 0 Å². The number of amides is 1. The zero-order valence-electron chi connectivity index (χ0n) is 18.5. The molecule has 35 heavy (non-hydrogen) atoms. The Kier molecular flexibility index (Phi) is 7.31. The molecular weight excluding hydrogens is 475 g/mol. The van der Waals surface area contributed by atoms with Gasteiger partial charge in [-0.15, -0.1) is 10.2 Å². The zero-order chi connectivity index (χ0) is 24.8. The third-order valence-corrected chi connectivity index (χ3v) is 5.90. The van der Waals surface area contributed by atoms with Crippen molar-refractivity contribution in [2.24, 2.45) is 5.10 Å². The van der Waals surface area contributed by atoms with Gasteiger partial charge >= 0.3 is 6.18 Å². The van der Waals surface area contributed by atoms with Crippen LogP contribution in [0, 0.1) is 0 Å². The molecule has 0 spiro atoms. The minimum atomic E-state index is -4.45. The molecule has 1 amide bonds. The number of thioether (sulfide) groups is 1. The van der Waals surface area contributed by atoms with Crippen LogP contribution in [0.2, 0.25) is 0 Å². The number of alkyl halides is 3. The van der Waals surface area contributed by atoms with E-state index in [-0.39, 0.29) is 17.0 Å². The molecule has 1 aromatic heterocycles. The van der Waals surface area contributed by atoms with E-state index in [0.29, 0.717) is 11.0 Å². The average Bonchev–Trinajstić information content (AvgIpc) is 3.30. The first-order chi connectivity index (χ1) is 16.8. The predicted molar refractivity (Wildman–Crippen MR) is 129 cm³/mol. The Morgan fingerprint density at radius 2 is 1.66 bits per heavy atom. The average molecular weight is 496 g/mol. The van der Waals surface area contributed by atoms with Gasteiger partial charge in [0, 0.05) is 11.3 Å². The van der Waals surface area contributed by atoms with Crippen molar-refractivity contribution in [1.82, 2.24) is 20.2 Å². The second-order valence-corrected chi connectivity index (χ2v) is 8.39. The lowest BCUT2D eigenvalue weighted by molar-refractivity contribution is -0.137. The van der Waals surface area contributed by atoms with Crippen LogP contribution in [0.4, 0.5) is 13.2 Å². The van der Waals surface area contributed by atoms with Gasteiger partial charge < -0.3 is 0 Å². The van der Waals surface area contributed by atoms with E-state index in [2.05, 4.69) is 20.7 Å². The Hall–Kier alpha value is -3.92. The van der Waals surface area contributed by atoms with Crippen LogP contribution >= 0.6 is 11.8 Å². The van der Waals surface area contributed by atoms with E-state index in [1.807, 2.05) is 65.2 Å². The number of hydrazone groups is 1. The number of rotatable bonds is 7. The van der Waals surface area contributed by atoms with Gasteiger partial charge in [0.05, 0.1) is 17.0 Å². The Morgan fingerprint density at radius 1 is 0.971 bits per heavy atom. The first kappa shape index (κ1) is 24.2. The molecule has 4 rings (SSSR count). The summed E-state index contributed by atoms with van der Waals surface area (Å²) >= 11 is 1.18. The van der Waals surface area contributed by atoms with E-state index >= 15 is 0 Å². The molecule has 0 aliphatic carbocycles. The molecule has 10 heteroatoms. The number of aromatic nitrogens is 3. The van der Waals surface area contributed by atoms with Crippen molar-refractivity contribution in [2.45, 2.75) is 18.3 Å². The van der Waals surface area contributed by atoms with Crippen LogP contribution in [0.5, 0.6) is 0 Å². The fourth-order valence-electron chi connectivity index (χ4n) is 3.24. The second kappa shape index (κ2) is 10.6. The highest BCUT2D eigenvalue weighted by Crippen LogP contribution is 2.30. The predicted octanol–water partition coefficient (Wildman–Crippen LogP) is 5.59. The lowest BCUT2D eigenvalue weighted by atomic mass is 10.1. The van der Waals surface area contributed by atoms with Gasteiger partial charge in [-0.3, -0.25) is 9.36 Å². The second-order valence-electron chi connectivity index (χ2n) is 7.44. The molecule has 0 saturated heterocycles. The standard InChI is InChI=1S/C25H20F3N5OS/c1-17(19-11-8-12-20(15-19)25(26,27)28)29-30-22(34)16-35-24-32-31-23(18-9-4-2-5-10-18)33(24)21-13-6-3-7-14-21/h2-15H,16H2,1H3,(H,30,34)/b29-17-. The fraction of sp³-hybridized carbons (Fsp3) is 0.120. The third-order valence-electron chi connectivity index (χ3n) is 4.97. The highest BCUT2D eigenvalue weighted by atomic mass is 32.2. The Labute approximate surface area is 203 Å². The highest BCUT2D eigenvalue weighted by molar-refractivity contribution is 7.99. The first-order valence-corrected chi connectivity index (χ1v) is 11.5. The summed E-state index contributed by atoms with van der Waals surface area (Å²) in [5.41, 5.74) is 3.87. The van der Waals surface area contributed by atoms with E-state index in [0.717, 1.165) is 23.4 Å². The maximum atomic E-state index is 12.9. The van der Waals surface area contributed by atoms with Gasteiger partial charge in [0.2, 0.25) is 0 Å². The Balaban J connectivity index is 1.48. The molecule has 3 aromatic carbocycles. The topological polar surface area (TPSA) is 72.2 Å². The van der Waals surface area contributed by atoms with Gasteiger partial charge in [-0.1, -0.05) is 72.4 Å². The molecule has 0 unspecified atom stereocenters. The minimum absolute atomic E-state index is 0.0148. The lowest BCUT2D eigenvalue weighted by Crippen LogP contribution is -2.21. The number of hydrogen-bond acceptors (Lipinski definition) is 5. The highest BCUT2D eigenvalue weighted by Gasteiger charge is 2.30. The molecular formula is C25H20F3N5OS. The Bertz CT molecular complexity index is 1340. The molecule has 0 saturated carbocycles. The number of benzene rings is 3. The maximum absolute atomic E-state index is 12.9. The van der Waals surface area contributed by atoms with E-state index in [9.17, 15) is 18.0 Å². The number of hydrogen-bond donors (Lipinski definition) is 1. The van der Waals surface area contributed by atoms with Crippen LogP contribution in [0.3, 0.4) is 0 Å². The molecule has 0 radical (unpaired) electrons. The van der Waals surface area contributed by atoms with Crippen molar-refractivity contribution in [2.75, 3.05) is 5.75 Å². The normalized spacial score (nSPS) is 11.9. The van der Waals surface area contributed by atoms with Crippen molar-refractivity contribution < 1.29 is 18.0 Å². The summed E-state index contributed by atoms with van der Waals surface area (Å²) in [4.78, 5) is 12.4. The number of halogens is 3. The molecule has 6 nitrogen and oxygen atoms in total. The number of para-hydroxylation sites is 1. The summed E-state index contributed by atoms with van der Waals surface area (Å²) in [6, 6.07) is 23.9. The molecule has 178 valence electrons. The minimum Gasteiger partial charge on any atom is -0.272 e. The molecule has 4 aromatic rings. The summed E-state index contributed by atoms with van der Waals surface area (Å²) in [5, 5.41) is 13.1. The van der Waals surface area contributed by atoms with Gasteiger partial charge in [-0.2, -0.15) is 18.3 Å². The molecule has 0 bridgehead atoms. The number of nitrogens with one attached hydrogen (secondary N) is 1. The van der Waals surface area contributed by atoms with Crippen molar-refractivity contribution in [3.63, 3.8) is 0 Å². The third kappa shape index (κ3) is 5.96. The largest absolute Gasteiger partial charge is 0.416 e. The summed E-state index contributed by atoms with van der Waals surface area (Å²) in [5.74, 6) is 0.197. The lowest BCUT2D eigenvalue weighted by Gasteiger charge is -2.10. The van der Waals surface area contributed by atoms with Crippen LogP contribution in [-0.4, -0.2) is 32.1 Å². The quantitative estimate of drug-likeness (QED) is 0.206. The van der Waals surface area contributed by atoms with Crippen molar-refractivity contribution >= 4 is 23.4 Å². The van der Waals surface area contributed by atoms with E-state index in [1.54, 1.807) is 0 Å². The number of carbonyl (C=O) groups is 1. The van der Waals surface area contributed by atoms with Crippen molar-refractivity contribution in [3.8, 4) is 17.1 Å². The van der Waals surface area contributed by atoms with Crippen LogP contribution in [-0.2, 0) is 11.0 Å². The molecule has 0 atom stereocenters. The van der Waals surface area contributed by atoms with Crippen molar-refractivity contribution in [3.05, 3.63) is 96.1 Å². The number of carbonyl (C=O) groups excluding carboxylic acids is 1. The summed E-state index contributed by atoms with van der Waals surface area (Å²) < 4.78 is 40.7. The zero-order valence-corrected chi connectivity index (χ0v) is 19.3. The molecule has 0 aliphatic heterocycles. The van der Waals surface area contributed by atoms with Gasteiger partial charge in [0.15, 0.2) is 11.0 Å². The van der Waals surface area contributed by atoms with Crippen LogP contribution in [0.25, 0.3) is 17.1 Å². The smallest absolute Gasteiger partial charge is 0.272 e. The van der Waals surface area contributed by atoms with Crippen molar-refractivity contribution in [1.29, 1.82) is 0 Å². The monoisotopic (exact) mass is 495 g/mol. The Morgan fingerprint density at radius 3 is 2.34 bits per heavy atom.